The van der Waals surface area contributed by atoms with Crippen LogP contribution in [0.3, 0.4) is 0 Å². The third-order valence-electron chi connectivity index (χ3n) is 5.87. The second-order valence-electron chi connectivity index (χ2n) is 9.99. The van der Waals surface area contributed by atoms with Crippen LogP contribution >= 0.6 is 0 Å². The van der Waals surface area contributed by atoms with Crippen molar-refractivity contribution in [2.75, 3.05) is 7.11 Å². The highest BCUT2D eigenvalue weighted by atomic mass is 19.1. The fourth-order valence-corrected chi connectivity index (χ4v) is 4.03. The second kappa shape index (κ2) is 12.1. The van der Waals surface area contributed by atoms with Crippen LogP contribution in [-0.2, 0) is 32.2 Å². The van der Waals surface area contributed by atoms with E-state index in [1.165, 1.54) is 6.07 Å². The van der Waals surface area contributed by atoms with E-state index in [2.05, 4.69) is 0 Å². The predicted octanol–water partition coefficient (Wildman–Crippen LogP) is 5.95. The molecule has 3 aromatic carbocycles. The average molecular weight is 552 g/mol. The lowest BCUT2D eigenvalue weighted by Gasteiger charge is -2.25. The van der Waals surface area contributed by atoms with Crippen molar-refractivity contribution in [1.82, 2.24) is 4.90 Å². The fourth-order valence-electron chi connectivity index (χ4n) is 4.03. The number of methoxy groups -OCH3 is 1. The number of hydrogen-bond acceptors (Lipinski definition) is 8. The van der Waals surface area contributed by atoms with Gasteiger partial charge in [-0.25, -0.2) is 18.8 Å². The van der Waals surface area contributed by atoms with Crippen LogP contribution in [0.5, 0.6) is 11.5 Å². The summed E-state index contributed by atoms with van der Waals surface area (Å²) in [4.78, 5) is 38.9. The molecule has 210 valence electrons. The van der Waals surface area contributed by atoms with E-state index in [-0.39, 0.29) is 30.3 Å². The summed E-state index contributed by atoms with van der Waals surface area (Å²) in [5, 5.41) is 0. The standard InChI is InChI=1S/C30H30FNO8/c1-30(2,3)40-29(35)32-25(27(33)36-4)26(39-28(32)34)21-15-23(37-17-19-11-7-5-8-12-19)24(16-22(21)31)38-18-20-13-9-6-10-14-20/h5-16,25-26H,17-18H2,1-4H3/t25-,26+/m0/s1. The molecule has 0 bridgehead atoms. The Bertz CT molecular complexity index is 1360. The van der Waals surface area contributed by atoms with Crippen molar-refractivity contribution in [3.05, 3.63) is 95.3 Å². The molecule has 4 rings (SSSR count). The Morgan fingerprint density at radius 3 is 1.93 bits per heavy atom. The summed E-state index contributed by atoms with van der Waals surface area (Å²) in [6.07, 6.45) is -3.83. The quantitative estimate of drug-likeness (QED) is 0.250. The first-order valence-electron chi connectivity index (χ1n) is 12.5. The molecule has 1 aliphatic heterocycles. The Hall–Kier alpha value is -4.60. The van der Waals surface area contributed by atoms with Crippen molar-refractivity contribution in [2.24, 2.45) is 0 Å². The summed E-state index contributed by atoms with van der Waals surface area (Å²) in [5.74, 6) is -1.58. The molecule has 0 N–H and O–H groups in total. The van der Waals surface area contributed by atoms with Crippen LogP contribution in [0.4, 0.5) is 14.0 Å². The van der Waals surface area contributed by atoms with Gasteiger partial charge in [0.1, 0.15) is 24.6 Å². The first-order valence-corrected chi connectivity index (χ1v) is 12.5. The minimum atomic E-state index is -1.64. The molecule has 0 radical (unpaired) electrons. The van der Waals surface area contributed by atoms with E-state index < -0.39 is 41.7 Å². The summed E-state index contributed by atoms with van der Waals surface area (Å²) in [6.45, 7) is 5.06. The zero-order chi connectivity index (χ0) is 28.9. The Morgan fingerprint density at radius 2 is 1.43 bits per heavy atom. The Labute approximate surface area is 231 Å². The predicted molar refractivity (Wildman–Crippen MR) is 141 cm³/mol. The smallest absolute Gasteiger partial charge is 0.420 e. The molecule has 40 heavy (non-hydrogen) atoms. The zero-order valence-electron chi connectivity index (χ0n) is 22.6. The van der Waals surface area contributed by atoms with E-state index >= 15 is 4.39 Å². The zero-order valence-corrected chi connectivity index (χ0v) is 22.6. The van der Waals surface area contributed by atoms with Crippen molar-refractivity contribution in [3.63, 3.8) is 0 Å². The third kappa shape index (κ3) is 6.69. The average Bonchev–Trinajstić information content (AvgIpc) is 3.27. The molecule has 1 saturated heterocycles. The lowest BCUT2D eigenvalue weighted by atomic mass is 10.0. The molecule has 1 fully saturated rings. The van der Waals surface area contributed by atoms with Crippen LogP contribution in [0.1, 0.15) is 43.6 Å². The fraction of sp³-hybridized carbons (Fsp3) is 0.300. The number of esters is 1. The van der Waals surface area contributed by atoms with Gasteiger partial charge >= 0.3 is 18.2 Å². The molecule has 1 aliphatic rings. The summed E-state index contributed by atoms with van der Waals surface area (Å²) in [6, 6.07) is 19.3. The van der Waals surface area contributed by atoms with Crippen LogP contribution < -0.4 is 9.47 Å². The van der Waals surface area contributed by atoms with Gasteiger partial charge in [0.15, 0.2) is 23.6 Å². The number of halogens is 1. The van der Waals surface area contributed by atoms with Gasteiger partial charge in [0.25, 0.3) is 0 Å². The lowest BCUT2D eigenvalue weighted by Crippen LogP contribution is -2.47. The molecule has 0 aliphatic carbocycles. The van der Waals surface area contributed by atoms with E-state index in [4.69, 9.17) is 23.7 Å². The number of rotatable bonds is 8. The number of ether oxygens (including phenoxy) is 5. The maximum absolute atomic E-state index is 15.6. The van der Waals surface area contributed by atoms with Crippen molar-refractivity contribution in [2.45, 2.75) is 51.7 Å². The SMILES string of the molecule is COC(=O)[C@@H]1[C@@H](c2cc(OCc3ccccc3)c(OCc3ccccc3)cc2F)OC(=O)N1C(=O)OC(C)(C)C. The van der Waals surface area contributed by atoms with Gasteiger partial charge in [0.05, 0.1) is 7.11 Å². The van der Waals surface area contributed by atoms with Gasteiger partial charge in [0, 0.05) is 11.6 Å². The van der Waals surface area contributed by atoms with Gasteiger partial charge in [0.2, 0.25) is 0 Å². The lowest BCUT2D eigenvalue weighted by molar-refractivity contribution is -0.146. The number of carbonyl (C=O) groups is 3. The number of hydrogen-bond donors (Lipinski definition) is 0. The summed E-state index contributed by atoms with van der Waals surface area (Å²) < 4.78 is 43.0. The summed E-state index contributed by atoms with van der Waals surface area (Å²) in [5.41, 5.74) is 0.519. The normalized spacial score (nSPS) is 16.7. The molecule has 3 aromatic rings. The van der Waals surface area contributed by atoms with Crippen LogP contribution in [0.2, 0.25) is 0 Å². The maximum Gasteiger partial charge on any atom is 0.420 e. The number of carbonyl (C=O) groups excluding carboxylic acids is 3. The van der Waals surface area contributed by atoms with E-state index in [0.717, 1.165) is 24.3 Å². The molecule has 0 aromatic heterocycles. The summed E-state index contributed by atoms with van der Waals surface area (Å²) >= 11 is 0. The largest absolute Gasteiger partial charge is 0.485 e. The summed E-state index contributed by atoms with van der Waals surface area (Å²) in [7, 11) is 1.08. The molecule has 1 heterocycles. The molecular weight excluding hydrogens is 521 g/mol. The van der Waals surface area contributed by atoms with Crippen LogP contribution in [-0.4, -0.2) is 41.8 Å². The van der Waals surface area contributed by atoms with E-state index in [9.17, 15) is 14.4 Å². The molecule has 2 atom stereocenters. The van der Waals surface area contributed by atoms with Crippen LogP contribution in [0.15, 0.2) is 72.8 Å². The number of imide groups is 1. The number of benzene rings is 3. The number of nitrogens with zero attached hydrogens (tertiary/aromatic N) is 1. The van der Waals surface area contributed by atoms with E-state index in [1.54, 1.807) is 20.8 Å². The Kier molecular flexibility index (Phi) is 8.57. The van der Waals surface area contributed by atoms with Crippen molar-refractivity contribution >= 4 is 18.2 Å². The van der Waals surface area contributed by atoms with Crippen LogP contribution in [0.25, 0.3) is 0 Å². The highest BCUT2D eigenvalue weighted by molar-refractivity contribution is 5.96. The highest BCUT2D eigenvalue weighted by Crippen LogP contribution is 2.40. The Balaban J connectivity index is 1.70. The number of amides is 2. The molecule has 0 spiro atoms. The first-order chi connectivity index (χ1) is 19.1. The van der Waals surface area contributed by atoms with Crippen molar-refractivity contribution in [1.29, 1.82) is 0 Å². The highest BCUT2D eigenvalue weighted by Gasteiger charge is 2.53. The van der Waals surface area contributed by atoms with Gasteiger partial charge in [-0.2, -0.15) is 4.90 Å². The maximum atomic E-state index is 15.6. The topological polar surface area (TPSA) is 101 Å². The minimum Gasteiger partial charge on any atom is -0.485 e. The minimum absolute atomic E-state index is 0.101. The second-order valence-corrected chi connectivity index (χ2v) is 9.99. The molecule has 0 saturated carbocycles. The van der Waals surface area contributed by atoms with E-state index in [0.29, 0.717) is 4.90 Å². The van der Waals surface area contributed by atoms with Crippen molar-refractivity contribution < 1.29 is 42.5 Å². The third-order valence-corrected chi connectivity index (χ3v) is 5.87. The number of cyclic esters (lactones) is 1. The van der Waals surface area contributed by atoms with Gasteiger partial charge < -0.3 is 23.7 Å². The molecular formula is C30H30FNO8. The molecule has 0 unspecified atom stereocenters. The molecule has 2 amide bonds. The van der Waals surface area contributed by atoms with Gasteiger partial charge in [-0.3, -0.25) is 0 Å². The van der Waals surface area contributed by atoms with Crippen molar-refractivity contribution in [3.8, 4) is 11.5 Å². The van der Waals surface area contributed by atoms with Gasteiger partial charge in [-0.1, -0.05) is 60.7 Å². The monoisotopic (exact) mass is 551 g/mol. The molecule has 9 nitrogen and oxygen atoms in total. The van der Waals surface area contributed by atoms with Crippen LogP contribution in [0, 0.1) is 5.82 Å². The molecule has 10 heteroatoms. The van der Waals surface area contributed by atoms with Gasteiger partial charge in [-0.15, -0.1) is 0 Å². The van der Waals surface area contributed by atoms with E-state index in [1.807, 2.05) is 60.7 Å². The first kappa shape index (κ1) is 28.4. The van der Waals surface area contributed by atoms with Gasteiger partial charge in [-0.05, 0) is 38.0 Å². The Morgan fingerprint density at radius 1 is 0.900 bits per heavy atom.